The number of carbonyl (C=O) groups excluding carboxylic acids is 1. The summed E-state index contributed by atoms with van der Waals surface area (Å²) in [7, 11) is 4.00. The third-order valence-corrected chi connectivity index (χ3v) is 4.72. The van der Waals surface area contributed by atoms with E-state index in [1.807, 2.05) is 26.2 Å². The first-order chi connectivity index (χ1) is 12.1. The van der Waals surface area contributed by atoms with E-state index in [1.165, 1.54) is 0 Å². The van der Waals surface area contributed by atoms with Crippen molar-refractivity contribution in [2.45, 2.75) is 25.0 Å². The molecule has 8 nitrogen and oxygen atoms in total. The molecule has 2 aliphatic rings. The molecule has 1 amide bonds. The lowest BCUT2D eigenvalue weighted by molar-refractivity contribution is -0.124. The van der Waals surface area contributed by atoms with E-state index in [1.54, 1.807) is 6.20 Å². The molecule has 3 unspecified atom stereocenters. The maximum Gasteiger partial charge on any atom is 0.239 e. The van der Waals surface area contributed by atoms with E-state index in [-0.39, 0.29) is 30.3 Å². The summed E-state index contributed by atoms with van der Waals surface area (Å²) >= 11 is 0. The average Bonchev–Trinajstić information content (AvgIpc) is 3.04. The van der Waals surface area contributed by atoms with Crippen LogP contribution in [0, 0.1) is 5.92 Å². The summed E-state index contributed by atoms with van der Waals surface area (Å²) in [6.07, 6.45) is 2.75. The smallest absolute Gasteiger partial charge is 0.239 e. The second-order valence-corrected chi connectivity index (χ2v) is 6.90. The largest absolute Gasteiger partial charge is 0.476 e. The molecule has 3 rings (SSSR count). The number of hydrogen-bond donors (Lipinski definition) is 4. The van der Waals surface area contributed by atoms with E-state index in [9.17, 15) is 4.79 Å². The Bertz CT molecular complexity index is 588. The zero-order valence-electron chi connectivity index (χ0n) is 15.3. The molecule has 0 radical (unpaired) electrons. The van der Waals surface area contributed by atoms with E-state index in [0.717, 1.165) is 31.6 Å². The second kappa shape index (κ2) is 10.0. The Kier molecular flexibility index (Phi) is 8.05. The van der Waals surface area contributed by atoms with Gasteiger partial charge in [-0.2, -0.15) is 0 Å². The highest BCUT2D eigenvalue weighted by Crippen LogP contribution is 2.20. The average molecular weight is 385 g/mol. The predicted octanol–water partition coefficient (Wildman–Crippen LogP) is -0.485. The summed E-state index contributed by atoms with van der Waals surface area (Å²) in [6, 6.07) is 3.94. The van der Waals surface area contributed by atoms with Crippen LogP contribution in [0.3, 0.4) is 0 Å². The van der Waals surface area contributed by atoms with E-state index in [2.05, 4.69) is 31.4 Å². The molecule has 3 heterocycles. The van der Waals surface area contributed by atoms with Gasteiger partial charge in [-0.05, 0) is 38.7 Å². The van der Waals surface area contributed by atoms with Gasteiger partial charge in [0.1, 0.15) is 12.6 Å². The van der Waals surface area contributed by atoms with Crippen LogP contribution >= 0.6 is 12.4 Å². The molecule has 0 spiro atoms. The number of likely N-dealkylation sites (N-methyl/N-ethyl adjacent to an activating group) is 1. The quantitative estimate of drug-likeness (QED) is 0.504. The van der Waals surface area contributed by atoms with Gasteiger partial charge in [-0.1, -0.05) is 0 Å². The van der Waals surface area contributed by atoms with Crippen molar-refractivity contribution in [3.8, 4) is 5.88 Å². The van der Waals surface area contributed by atoms with Crippen LogP contribution in [0.25, 0.3) is 0 Å². The van der Waals surface area contributed by atoms with Crippen LogP contribution in [0.1, 0.15) is 12.0 Å². The highest BCUT2D eigenvalue weighted by Gasteiger charge is 2.40. The second-order valence-electron chi connectivity index (χ2n) is 6.90. The van der Waals surface area contributed by atoms with E-state index in [4.69, 9.17) is 4.74 Å². The number of aromatic nitrogens is 1. The van der Waals surface area contributed by atoms with Gasteiger partial charge in [0.2, 0.25) is 11.8 Å². The first-order valence-corrected chi connectivity index (χ1v) is 8.85. The van der Waals surface area contributed by atoms with Crippen LogP contribution in [0.5, 0.6) is 5.88 Å². The van der Waals surface area contributed by atoms with Crippen molar-refractivity contribution in [2.24, 2.45) is 5.92 Å². The molecule has 9 heteroatoms. The molecule has 2 aliphatic heterocycles. The highest BCUT2D eigenvalue weighted by molar-refractivity contribution is 5.85. The number of amides is 1. The number of nitrogens with zero attached hydrogens (tertiary/aromatic N) is 2. The van der Waals surface area contributed by atoms with Gasteiger partial charge in [0.25, 0.3) is 0 Å². The van der Waals surface area contributed by atoms with Crippen LogP contribution in [-0.4, -0.2) is 68.2 Å². The number of hydrazine groups is 1. The summed E-state index contributed by atoms with van der Waals surface area (Å²) in [6.45, 7) is 3.75. The van der Waals surface area contributed by atoms with Crippen LogP contribution in [0.2, 0.25) is 0 Å². The Balaban J connectivity index is 0.00000243. The Morgan fingerprint density at radius 2 is 2.27 bits per heavy atom. The lowest BCUT2D eigenvalue weighted by Gasteiger charge is -2.27. The molecule has 0 aliphatic carbocycles. The Hall–Kier alpha value is -1.45. The zero-order valence-corrected chi connectivity index (χ0v) is 16.1. The molecule has 0 saturated carbocycles. The summed E-state index contributed by atoms with van der Waals surface area (Å²) < 4.78 is 5.64. The Labute approximate surface area is 160 Å². The predicted molar refractivity (Wildman–Crippen MR) is 102 cm³/mol. The maximum atomic E-state index is 12.5. The lowest BCUT2D eigenvalue weighted by Crippen LogP contribution is -2.49. The zero-order chi connectivity index (χ0) is 17.6. The number of nitrogens with one attached hydrogen (secondary N) is 4. The van der Waals surface area contributed by atoms with Gasteiger partial charge in [-0.15, -0.1) is 12.4 Å². The molecule has 3 atom stereocenters. The number of carbonyl (C=O) groups is 1. The van der Waals surface area contributed by atoms with Crippen molar-refractivity contribution in [2.75, 3.05) is 40.3 Å². The van der Waals surface area contributed by atoms with Crippen LogP contribution < -0.4 is 26.2 Å². The fourth-order valence-electron chi connectivity index (χ4n) is 3.25. The molecule has 0 aromatic carbocycles. The Morgan fingerprint density at radius 3 is 3.08 bits per heavy atom. The number of ether oxygens (including phenoxy) is 1. The maximum absolute atomic E-state index is 12.5. The van der Waals surface area contributed by atoms with Gasteiger partial charge >= 0.3 is 0 Å². The lowest BCUT2D eigenvalue weighted by atomic mass is 9.89. The number of halogens is 1. The van der Waals surface area contributed by atoms with Crippen molar-refractivity contribution in [1.82, 2.24) is 31.4 Å². The van der Waals surface area contributed by atoms with Crippen LogP contribution in [0.15, 0.2) is 18.3 Å². The van der Waals surface area contributed by atoms with E-state index >= 15 is 0 Å². The molecule has 0 bridgehead atoms. The first-order valence-electron chi connectivity index (χ1n) is 8.85. The van der Waals surface area contributed by atoms with E-state index < -0.39 is 0 Å². The van der Waals surface area contributed by atoms with Crippen molar-refractivity contribution in [3.05, 3.63) is 23.9 Å². The topological polar surface area (TPSA) is 90.5 Å². The third kappa shape index (κ3) is 5.52. The highest BCUT2D eigenvalue weighted by atomic mass is 35.5. The standard InChI is InChI=1S/C17H28N6O2.ClH/c1-23(2)7-8-25-15-9-12(3-6-19-15)10-20-17(24)16-13-11-18-5-4-14(13)21-22-16;/h3,6,9,13-14,16,18,21-22H,4-5,7-8,10-11H2,1-2H3,(H,20,24);1H. The third-order valence-electron chi connectivity index (χ3n) is 4.72. The number of fused-ring (bicyclic) bond motifs is 1. The molecular formula is C17H29ClN6O2. The number of piperidine rings is 1. The molecule has 4 N–H and O–H groups in total. The molecule has 26 heavy (non-hydrogen) atoms. The molecule has 1 aromatic heterocycles. The van der Waals surface area contributed by atoms with Gasteiger partial charge in [0, 0.05) is 43.9 Å². The van der Waals surface area contributed by atoms with Crippen molar-refractivity contribution >= 4 is 18.3 Å². The first kappa shape index (κ1) is 20.9. The van der Waals surface area contributed by atoms with Gasteiger partial charge in [0.05, 0.1) is 0 Å². The number of hydrogen-bond acceptors (Lipinski definition) is 7. The fraction of sp³-hybridized carbons (Fsp3) is 0.647. The summed E-state index contributed by atoms with van der Waals surface area (Å²) in [5.74, 6) is 0.900. The van der Waals surface area contributed by atoms with Crippen LogP contribution in [-0.2, 0) is 11.3 Å². The fourth-order valence-corrected chi connectivity index (χ4v) is 3.25. The SMILES string of the molecule is CN(C)CCOc1cc(CNC(=O)C2NNC3CCNCC32)ccn1.Cl. The Morgan fingerprint density at radius 1 is 1.42 bits per heavy atom. The molecule has 1 aromatic rings. The normalized spacial score (nSPS) is 24.7. The summed E-state index contributed by atoms with van der Waals surface area (Å²) in [4.78, 5) is 18.8. The summed E-state index contributed by atoms with van der Waals surface area (Å²) in [5.41, 5.74) is 7.36. The summed E-state index contributed by atoms with van der Waals surface area (Å²) in [5, 5.41) is 6.38. The van der Waals surface area contributed by atoms with Crippen molar-refractivity contribution in [3.63, 3.8) is 0 Å². The number of pyridine rings is 1. The minimum Gasteiger partial charge on any atom is -0.476 e. The van der Waals surface area contributed by atoms with Gasteiger partial charge < -0.3 is 20.3 Å². The monoisotopic (exact) mass is 384 g/mol. The molecule has 146 valence electrons. The van der Waals surface area contributed by atoms with Crippen molar-refractivity contribution in [1.29, 1.82) is 0 Å². The minimum absolute atomic E-state index is 0. The molecular weight excluding hydrogens is 356 g/mol. The number of rotatable bonds is 7. The van der Waals surface area contributed by atoms with E-state index in [0.29, 0.717) is 25.1 Å². The molecule has 2 fully saturated rings. The van der Waals surface area contributed by atoms with Crippen molar-refractivity contribution < 1.29 is 9.53 Å². The minimum atomic E-state index is -0.199. The van der Waals surface area contributed by atoms with Gasteiger partial charge in [-0.3, -0.25) is 10.2 Å². The van der Waals surface area contributed by atoms with Crippen LogP contribution in [0.4, 0.5) is 0 Å². The van der Waals surface area contributed by atoms with Gasteiger partial charge in [-0.25, -0.2) is 10.4 Å². The molecule has 2 saturated heterocycles. The van der Waals surface area contributed by atoms with Gasteiger partial charge in [0.15, 0.2) is 0 Å².